The Morgan fingerprint density at radius 2 is 1.97 bits per heavy atom. The molecule has 0 aliphatic carbocycles. The molecule has 1 N–H and O–H groups in total. The van der Waals surface area contributed by atoms with Crippen LogP contribution in [-0.4, -0.2) is 49.0 Å². The molecule has 0 saturated carbocycles. The van der Waals surface area contributed by atoms with Gasteiger partial charge in [-0.05, 0) is 44.6 Å². The fourth-order valence-electron chi connectivity index (χ4n) is 4.17. The number of ketones is 1. The minimum absolute atomic E-state index is 0.0211. The van der Waals surface area contributed by atoms with Gasteiger partial charge in [-0.25, -0.2) is 0 Å². The largest absolute Gasteiger partial charge is 0.493 e. The number of ether oxygens (including phenoxy) is 3. The van der Waals surface area contributed by atoms with Gasteiger partial charge in [0, 0.05) is 41.6 Å². The van der Waals surface area contributed by atoms with E-state index in [-0.39, 0.29) is 5.78 Å². The maximum absolute atomic E-state index is 12.6. The summed E-state index contributed by atoms with van der Waals surface area (Å²) in [5, 5.41) is 3.45. The molecule has 32 heavy (non-hydrogen) atoms. The zero-order valence-electron chi connectivity index (χ0n) is 19.1. The van der Waals surface area contributed by atoms with Crippen LogP contribution < -0.4 is 19.5 Å². The average Bonchev–Trinajstić information content (AvgIpc) is 2.97. The molecule has 2 bridgehead atoms. The van der Waals surface area contributed by atoms with Crippen LogP contribution in [0.2, 0.25) is 0 Å². The van der Waals surface area contributed by atoms with Gasteiger partial charge in [0.1, 0.15) is 6.61 Å². The number of nitrogens with one attached hydrogen (secondary N) is 1. The van der Waals surface area contributed by atoms with Gasteiger partial charge in [-0.1, -0.05) is 13.8 Å². The first-order chi connectivity index (χ1) is 15.6. The fraction of sp³-hybridized carbons (Fsp3) is 0.440. The van der Waals surface area contributed by atoms with Crippen molar-refractivity contribution in [2.75, 3.05) is 38.7 Å². The van der Waals surface area contributed by atoms with Gasteiger partial charge in [-0.15, -0.1) is 0 Å². The summed E-state index contributed by atoms with van der Waals surface area (Å²) in [6.07, 6.45) is 7.45. The topological polar surface area (TPSA) is 72.9 Å². The molecule has 3 heterocycles. The maximum Gasteiger partial charge on any atom is 0.204 e. The molecule has 2 aliphatic rings. The third kappa shape index (κ3) is 4.58. The first-order valence-electron chi connectivity index (χ1n) is 11.3. The number of unbranched alkanes of at least 4 members (excludes halogenated alkanes) is 1. The number of aromatic nitrogens is 1. The van der Waals surface area contributed by atoms with E-state index in [9.17, 15) is 4.79 Å². The average molecular weight is 438 g/mol. The first-order valence-corrected chi connectivity index (χ1v) is 11.3. The van der Waals surface area contributed by atoms with Crippen LogP contribution in [0.15, 0.2) is 30.6 Å². The van der Waals surface area contributed by atoms with Crippen molar-refractivity contribution in [2.24, 2.45) is 0 Å². The zero-order valence-corrected chi connectivity index (χ0v) is 19.1. The number of anilines is 1. The molecule has 0 fully saturated rings. The molecule has 0 radical (unpaired) electrons. The van der Waals surface area contributed by atoms with E-state index in [0.29, 0.717) is 42.6 Å². The number of hydrogen-bond acceptors (Lipinski definition) is 7. The van der Waals surface area contributed by atoms with E-state index in [1.165, 1.54) is 0 Å². The molecule has 2 aromatic rings. The Labute approximate surface area is 189 Å². The summed E-state index contributed by atoms with van der Waals surface area (Å²) < 4.78 is 18.0. The maximum atomic E-state index is 12.6. The normalized spacial score (nSPS) is 14.4. The van der Waals surface area contributed by atoms with Crippen LogP contribution in [0, 0.1) is 0 Å². The van der Waals surface area contributed by atoms with Gasteiger partial charge in [0.15, 0.2) is 17.3 Å². The summed E-state index contributed by atoms with van der Waals surface area (Å²) in [5.74, 6) is 1.78. The molecule has 1 aromatic heterocycles. The number of pyridine rings is 1. The molecule has 0 atom stereocenters. The molecule has 0 unspecified atom stereocenters. The molecular formula is C25H31N3O4. The second-order valence-electron chi connectivity index (χ2n) is 8.00. The number of benzene rings is 1. The van der Waals surface area contributed by atoms with Gasteiger partial charge in [-0.3, -0.25) is 9.78 Å². The smallest absolute Gasteiger partial charge is 0.204 e. The number of methoxy groups -OCH3 is 1. The Balaban J connectivity index is 1.61. The summed E-state index contributed by atoms with van der Waals surface area (Å²) in [6.45, 7) is 8.42. The van der Waals surface area contributed by atoms with Crippen LogP contribution in [0.3, 0.4) is 0 Å². The van der Waals surface area contributed by atoms with Crippen molar-refractivity contribution in [1.82, 2.24) is 9.88 Å². The molecule has 4 rings (SSSR count). The first kappa shape index (κ1) is 22.1. The minimum atomic E-state index is 0.0211. The second-order valence-corrected chi connectivity index (χ2v) is 8.00. The van der Waals surface area contributed by atoms with E-state index in [0.717, 1.165) is 54.9 Å². The number of nitrogens with zero attached hydrogens (tertiary/aromatic N) is 2. The van der Waals surface area contributed by atoms with Crippen molar-refractivity contribution < 1.29 is 19.0 Å². The zero-order chi connectivity index (χ0) is 22.5. The highest BCUT2D eigenvalue weighted by Gasteiger charge is 2.27. The monoisotopic (exact) mass is 437 g/mol. The van der Waals surface area contributed by atoms with Gasteiger partial charge < -0.3 is 24.4 Å². The van der Waals surface area contributed by atoms with Crippen LogP contribution in [0.25, 0.3) is 5.70 Å². The second kappa shape index (κ2) is 10.0. The minimum Gasteiger partial charge on any atom is -0.493 e. The fourth-order valence-corrected chi connectivity index (χ4v) is 4.17. The highest BCUT2D eigenvalue weighted by atomic mass is 16.5. The Hall–Kier alpha value is -3.06. The predicted octanol–water partition coefficient (Wildman–Crippen LogP) is 4.06. The number of rotatable bonds is 9. The van der Waals surface area contributed by atoms with Crippen molar-refractivity contribution >= 4 is 17.2 Å². The van der Waals surface area contributed by atoms with E-state index in [1.807, 2.05) is 12.1 Å². The SMILES string of the molecule is CCN(CC)CCCCOc1c(OC)ccc2c1OCc1cncc3c1NC2=CC(=O)C3. The van der Waals surface area contributed by atoms with E-state index in [2.05, 4.69) is 29.0 Å². The third-order valence-corrected chi connectivity index (χ3v) is 6.00. The van der Waals surface area contributed by atoms with E-state index >= 15 is 0 Å². The lowest BCUT2D eigenvalue weighted by Crippen LogP contribution is -2.24. The molecule has 170 valence electrons. The van der Waals surface area contributed by atoms with Gasteiger partial charge in [0.25, 0.3) is 0 Å². The summed E-state index contributed by atoms with van der Waals surface area (Å²) in [6, 6.07) is 3.77. The van der Waals surface area contributed by atoms with Crippen LogP contribution in [-0.2, 0) is 17.8 Å². The lowest BCUT2D eigenvalue weighted by atomic mass is 10.1. The van der Waals surface area contributed by atoms with E-state index < -0.39 is 0 Å². The molecule has 0 amide bonds. The summed E-state index contributed by atoms with van der Waals surface area (Å²) in [5.41, 5.74) is 4.17. The number of fused-ring (bicyclic) bond motifs is 3. The quantitative estimate of drug-likeness (QED) is 0.593. The molecule has 1 aromatic carbocycles. The van der Waals surface area contributed by atoms with E-state index in [1.54, 1.807) is 25.6 Å². The van der Waals surface area contributed by atoms with Crippen molar-refractivity contribution in [3.8, 4) is 17.2 Å². The molecule has 7 heteroatoms. The van der Waals surface area contributed by atoms with Gasteiger partial charge in [-0.2, -0.15) is 0 Å². The Bertz CT molecular complexity index is 1010. The van der Waals surface area contributed by atoms with Crippen LogP contribution in [0.5, 0.6) is 17.2 Å². The Morgan fingerprint density at radius 1 is 1.16 bits per heavy atom. The van der Waals surface area contributed by atoms with Crippen molar-refractivity contribution in [1.29, 1.82) is 0 Å². The Kier molecular flexibility index (Phi) is 6.95. The van der Waals surface area contributed by atoms with Crippen molar-refractivity contribution in [3.05, 3.63) is 47.3 Å². The van der Waals surface area contributed by atoms with Crippen molar-refractivity contribution in [2.45, 2.75) is 39.7 Å². The van der Waals surface area contributed by atoms with Gasteiger partial charge in [0.05, 0.1) is 25.1 Å². The Morgan fingerprint density at radius 3 is 2.75 bits per heavy atom. The lowest BCUT2D eigenvalue weighted by Gasteiger charge is -2.24. The molecular weight excluding hydrogens is 406 g/mol. The number of allylic oxidation sites excluding steroid dienone is 1. The molecule has 0 saturated heterocycles. The summed E-state index contributed by atoms with van der Waals surface area (Å²) >= 11 is 0. The van der Waals surface area contributed by atoms with Gasteiger partial charge in [0.2, 0.25) is 5.75 Å². The van der Waals surface area contributed by atoms with Crippen molar-refractivity contribution in [3.63, 3.8) is 0 Å². The third-order valence-electron chi connectivity index (χ3n) is 6.00. The summed E-state index contributed by atoms with van der Waals surface area (Å²) in [7, 11) is 1.62. The van der Waals surface area contributed by atoms with Crippen LogP contribution in [0.4, 0.5) is 5.69 Å². The van der Waals surface area contributed by atoms with E-state index in [4.69, 9.17) is 14.2 Å². The number of hydrogen-bond donors (Lipinski definition) is 1. The van der Waals surface area contributed by atoms with Crippen LogP contribution >= 0.6 is 0 Å². The highest BCUT2D eigenvalue weighted by molar-refractivity contribution is 6.04. The number of carbonyl (C=O) groups is 1. The highest BCUT2D eigenvalue weighted by Crippen LogP contribution is 2.45. The predicted molar refractivity (Wildman–Crippen MR) is 124 cm³/mol. The standard InChI is InChI=1S/C25H31N3O4/c1-4-28(5-2)10-6-7-11-31-25-22(30-3)9-8-20-21-13-19(29)12-17-14-26-15-18(23(17)27-21)16-32-24(20)25/h8-9,13-15,27H,4-7,10-12,16H2,1-3H3. The molecule has 7 nitrogen and oxygen atoms in total. The lowest BCUT2D eigenvalue weighted by molar-refractivity contribution is -0.113. The summed E-state index contributed by atoms with van der Waals surface area (Å²) in [4.78, 5) is 19.3. The van der Waals surface area contributed by atoms with Crippen LogP contribution in [0.1, 0.15) is 43.4 Å². The van der Waals surface area contributed by atoms with Gasteiger partial charge >= 0.3 is 0 Å². The molecule has 0 spiro atoms. The molecule has 2 aliphatic heterocycles. The number of carbonyl (C=O) groups excluding carboxylic acids is 1.